The number of aromatic nitrogens is 2. The van der Waals surface area contributed by atoms with Crippen LogP contribution in [-0.4, -0.2) is 15.5 Å². The lowest BCUT2D eigenvalue weighted by Gasteiger charge is -2.24. The van der Waals surface area contributed by atoms with Crippen LogP contribution in [0.1, 0.15) is 34.7 Å². The van der Waals surface area contributed by atoms with Crippen molar-refractivity contribution in [2.75, 3.05) is 0 Å². The van der Waals surface area contributed by atoms with Crippen LogP contribution in [0.4, 0.5) is 5.82 Å². The van der Waals surface area contributed by atoms with Crippen molar-refractivity contribution in [3.8, 4) is 5.69 Å². The highest BCUT2D eigenvalue weighted by molar-refractivity contribution is 6.04. The maximum Gasteiger partial charge on any atom is 0.160 e. The molecule has 0 N–H and O–H groups in total. The van der Waals surface area contributed by atoms with Crippen molar-refractivity contribution in [2.24, 2.45) is 4.99 Å². The Morgan fingerprint density at radius 2 is 1.39 bits per heavy atom. The molecule has 0 bridgehead atoms. The van der Waals surface area contributed by atoms with Gasteiger partial charge in [-0.15, -0.1) is 0 Å². The summed E-state index contributed by atoms with van der Waals surface area (Å²) in [5.41, 5.74) is 6.91. The van der Waals surface area contributed by atoms with Gasteiger partial charge >= 0.3 is 0 Å². The highest BCUT2D eigenvalue weighted by Gasteiger charge is 2.30. The van der Waals surface area contributed by atoms with E-state index in [-0.39, 0.29) is 5.92 Å². The Hall–Kier alpha value is -3.46. The molecule has 3 heteroatoms. The minimum atomic E-state index is 0.251. The molecule has 0 amide bonds. The smallest absolute Gasteiger partial charge is 0.160 e. The minimum Gasteiger partial charge on any atom is -0.233 e. The number of para-hydroxylation sites is 1. The molecular weight excluding hydrogens is 342 g/mol. The Morgan fingerprint density at radius 3 is 2.07 bits per heavy atom. The fourth-order valence-electron chi connectivity index (χ4n) is 4.04. The summed E-state index contributed by atoms with van der Waals surface area (Å²) in [6.45, 7) is 2.09. The molecule has 1 aliphatic rings. The summed E-state index contributed by atoms with van der Waals surface area (Å²) in [5.74, 6) is 1.20. The maximum absolute atomic E-state index is 5.11. The van der Waals surface area contributed by atoms with E-state index in [0.29, 0.717) is 0 Å². The first-order valence-electron chi connectivity index (χ1n) is 9.64. The lowest BCUT2D eigenvalue weighted by atomic mass is 9.83. The first-order chi connectivity index (χ1) is 13.8. The number of rotatable bonds is 3. The predicted octanol–water partition coefficient (Wildman–Crippen LogP) is 5.84. The molecule has 5 rings (SSSR count). The van der Waals surface area contributed by atoms with Crippen LogP contribution in [-0.2, 0) is 0 Å². The van der Waals surface area contributed by atoms with E-state index in [1.165, 1.54) is 16.7 Å². The van der Waals surface area contributed by atoms with Crippen LogP contribution >= 0.6 is 0 Å². The topological polar surface area (TPSA) is 30.2 Å². The van der Waals surface area contributed by atoms with Crippen LogP contribution in [0.15, 0.2) is 96.0 Å². The quantitative estimate of drug-likeness (QED) is 0.450. The summed E-state index contributed by atoms with van der Waals surface area (Å²) in [6, 6.07) is 31.5. The number of hydrogen-bond acceptors (Lipinski definition) is 2. The standard InChI is InChI=1S/C25H21N3/c1-18-24-22(19-11-5-2-6-12-19)17-23(20-13-7-3-8-14-20)26-25(24)28(27-18)21-15-9-4-10-16-21/h2-16,22H,17H2,1H3. The van der Waals surface area contributed by atoms with E-state index in [9.17, 15) is 0 Å². The second-order valence-corrected chi connectivity index (χ2v) is 7.16. The SMILES string of the molecule is Cc1nn(-c2ccccc2)c2c1C(c1ccccc1)CC(c1ccccc1)=N2. The van der Waals surface area contributed by atoms with Crippen molar-refractivity contribution in [1.82, 2.24) is 9.78 Å². The predicted molar refractivity (Wildman–Crippen MR) is 114 cm³/mol. The molecule has 28 heavy (non-hydrogen) atoms. The Morgan fingerprint density at radius 1 is 0.786 bits per heavy atom. The summed E-state index contributed by atoms with van der Waals surface area (Å²) in [4.78, 5) is 5.11. The van der Waals surface area contributed by atoms with Crippen LogP contribution in [0.25, 0.3) is 5.69 Å². The fourth-order valence-corrected chi connectivity index (χ4v) is 4.04. The van der Waals surface area contributed by atoms with Gasteiger partial charge in [0.1, 0.15) is 0 Å². The molecule has 1 unspecified atom stereocenters. The van der Waals surface area contributed by atoms with E-state index >= 15 is 0 Å². The van der Waals surface area contributed by atoms with Crippen LogP contribution in [0.2, 0.25) is 0 Å². The van der Waals surface area contributed by atoms with Crippen molar-refractivity contribution in [1.29, 1.82) is 0 Å². The third kappa shape index (κ3) is 2.85. The van der Waals surface area contributed by atoms with Crippen molar-refractivity contribution < 1.29 is 0 Å². The summed E-state index contributed by atoms with van der Waals surface area (Å²) in [6.07, 6.45) is 0.877. The van der Waals surface area contributed by atoms with Gasteiger partial charge in [0.15, 0.2) is 5.82 Å². The number of benzene rings is 3. The normalized spacial score (nSPS) is 15.8. The lowest BCUT2D eigenvalue weighted by molar-refractivity contribution is 0.827. The highest BCUT2D eigenvalue weighted by atomic mass is 15.3. The van der Waals surface area contributed by atoms with Gasteiger partial charge in [-0.05, 0) is 30.2 Å². The molecule has 2 heterocycles. The van der Waals surface area contributed by atoms with Gasteiger partial charge in [0.2, 0.25) is 0 Å². The highest BCUT2D eigenvalue weighted by Crippen LogP contribution is 2.42. The molecule has 0 radical (unpaired) electrons. The van der Waals surface area contributed by atoms with Crippen LogP contribution in [0.5, 0.6) is 0 Å². The van der Waals surface area contributed by atoms with Crippen molar-refractivity contribution in [3.05, 3.63) is 113 Å². The van der Waals surface area contributed by atoms with Gasteiger partial charge in [0, 0.05) is 17.9 Å². The van der Waals surface area contributed by atoms with E-state index in [2.05, 4.69) is 73.7 Å². The summed E-state index contributed by atoms with van der Waals surface area (Å²) < 4.78 is 1.99. The Labute approximate surface area is 165 Å². The van der Waals surface area contributed by atoms with Gasteiger partial charge < -0.3 is 0 Å². The molecular formula is C25H21N3. The molecule has 0 aliphatic carbocycles. The molecule has 3 aromatic carbocycles. The van der Waals surface area contributed by atoms with E-state index in [4.69, 9.17) is 10.1 Å². The van der Waals surface area contributed by atoms with Crippen molar-refractivity contribution in [3.63, 3.8) is 0 Å². The Kier molecular flexibility index (Phi) is 4.13. The second kappa shape index (κ2) is 6.93. The Balaban J connectivity index is 1.74. The zero-order valence-corrected chi connectivity index (χ0v) is 15.8. The molecule has 136 valence electrons. The van der Waals surface area contributed by atoms with E-state index in [0.717, 1.165) is 29.3 Å². The number of nitrogens with zero attached hydrogens (tertiary/aromatic N) is 3. The number of hydrogen-bond donors (Lipinski definition) is 0. The summed E-state index contributed by atoms with van der Waals surface area (Å²) in [7, 11) is 0. The van der Waals surface area contributed by atoms with Crippen molar-refractivity contribution >= 4 is 11.5 Å². The molecule has 0 fully saturated rings. The van der Waals surface area contributed by atoms with E-state index in [1.807, 2.05) is 28.9 Å². The van der Waals surface area contributed by atoms with Gasteiger partial charge in [0.05, 0.1) is 17.1 Å². The minimum absolute atomic E-state index is 0.251. The third-order valence-electron chi connectivity index (χ3n) is 5.38. The number of fused-ring (bicyclic) bond motifs is 1. The van der Waals surface area contributed by atoms with Crippen LogP contribution in [0.3, 0.4) is 0 Å². The van der Waals surface area contributed by atoms with Gasteiger partial charge in [-0.1, -0.05) is 78.9 Å². The molecule has 1 atom stereocenters. The molecule has 0 spiro atoms. The Bertz CT molecular complexity index is 1130. The monoisotopic (exact) mass is 363 g/mol. The molecule has 0 saturated heterocycles. The fraction of sp³-hybridized carbons (Fsp3) is 0.120. The van der Waals surface area contributed by atoms with Gasteiger partial charge in [0.25, 0.3) is 0 Å². The zero-order chi connectivity index (χ0) is 18.9. The van der Waals surface area contributed by atoms with Crippen LogP contribution in [0, 0.1) is 6.92 Å². The molecule has 0 saturated carbocycles. The first kappa shape index (κ1) is 16.7. The summed E-state index contributed by atoms with van der Waals surface area (Å²) >= 11 is 0. The third-order valence-corrected chi connectivity index (χ3v) is 5.38. The van der Waals surface area contributed by atoms with E-state index < -0.39 is 0 Å². The number of aliphatic imine (C=N–C) groups is 1. The second-order valence-electron chi connectivity index (χ2n) is 7.16. The van der Waals surface area contributed by atoms with Gasteiger partial charge in [-0.25, -0.2) is 9.67 Å². The molecule has 4 aromatic rings. The molecule has 1 aliphatic heterocycles. The van der Waals surface area contributed by atoms with E-state index in [1.54, 1.807) is 0 Å². The maximum atomic E-state index is 5.11. The largest absolute Gasteiger partial charge is 0.233 e. The van der Waals surface area contributed by atoms with Gasteiger partial charge in [-0.2, -0.15) is 5.10 Å². The van der Waals surface area contributed by atoms with Gasteiger partial charge in [-0.3, -0.25) is 0 Å². The molecule has 3 nitrogen and oxygen atoms in total. The first-order valence-corrected chi connectivity index (χ1v) is 9.64. The molecule has 1 aromatic heterocycles. The average Bonchev–Trinajstić information content (AvgIpc) is 3.11. The van der Waals surface area contributed by atoms with Crippen molar-refractivity contribution in [2.45, 2.75) is 19.3 Å². The zero-order valence-electron chi connectivity index (χ0n) is 15.8. The number of aryl methyl sites for hydroxylation is 1. The summed E-state index contributed by atoms with van der Waals surface area (Å²) in [5, 5.41) is 4.88. The lowest BCUT2D eigenvalue weighted by Crippen LogP contribution is -2.15. The van der Waals surface area contributed by atoms with Crippen LogP contribution < -0.4 is 0 Å². The average molecular weight is 363 g/mol.